The van der Waals surface area contributed by atoms with E-state index in [0.717, 1.165) is 11.1 Å². The lowest BCUT2D eigenvalue weighted by Crippen LogP contribution is -2.51. The molecule has 1 saturated heterocycles. The van der Waals surface area contributed by atoms with Gasteiger partial charge in [0.05, 0.1) is 18.8 Å². The Morgan fingerprint density at radius 2 is 2.06 bits per heavy atom. The fourth-order valence-corrected chi connectivity index (χ4v) is 2.19. The van der Waals surface area contributed by atoms with E-state index in [2.05, 4.69) is 0 Å². The van der Waals surface area contributed by atoms with Gasteiger partial charge in [-0.05, 0) is 32.4 Å². The molecule has 3 nitrogen and oxygen atoms in total. The van der Waals surface area contributed by atoms with Gasteiger partial charge in [0, 0.05) is 12.1 Å². The summed E-state index contributed by atoms with van der Waals surface area (Å²) in [5.41, 5.74) is 1.83. The summed E-state index contributed by atoms with van der Waals surface area (Å²) in [6, 6.07) is 7.87. The molecule has 2 rings (SSSR count). The van der Waals surface area contributed by atoms with E-state index in [4.69, 9.17) is 4.74 Å². The van der Waals surface area contributed by atoms with E-state index in [0.29, 0.717) is 13.2 Å². The third kappa shape index (κ3) is 2.34. The first kappa shape index (κ1) is 12.1. The molecule has 2 unspecified atom stereocenters. The van der Waals surface area contributed by atoms with Crippen LogP contribution in [0.25, 0.3) is 0 Å². The molecule has 1 fully saturated rings. The maximum Gasteiger partial charge on any atom is 0.254 e. The summed E-state index contributed by atoms with van der Waals surface area (Å²) in [6.45, 7) is 7.34. The highest BCUT2D eigenvalue weighted by Crippen LogP contribution is 2.18. The second-order valence-corrected chi connectivity index (χ2v) is 4.63. The van der Waals surface area contributed by atoms with Gasteiger partial charge in [-0.3, -0.25) is 4.79 Å². The number of rotatable bonds is 1. The third-order valence-corrected chi connectivity index (χ3v) is 3.52. The monoisotopic (exact) mass is 233 g/mol. The van der Waals surface area contributed by atoms with Crippen molar-refractivity contribution in [1.82, 2.24) is 4.90 Å². The topological polar surface area (TPSA) is 29.5 Å². The molecule has 1 amide bonds. The summed E-state index contributed by atoms with van der Waals surface area (Å²) in [4.78, 5) is 14.4. The predicted octanol–water partition coefficient (Wildman–Crippen LogP) is 2.24. The molecule has 1 aliphatic rings. The van der Waals surface area contributed by atoms with Crippen molar-refractivity contribution in [3.8, 4) is 0 Å². The number of ether oxygens (including phenoxy) is 1. The molecule has 1 heterocycles. The largest absolute Gasteiger partial charge is 0.375 e. The summed E-state index contributed by atoms with van der Waals surface area (Å²) in [5, 5.41) is 0. The molecule has 0 aromatic heterocycles. The van der Waals surface area contributed by atoms with Crippen molar-refractivity contribution in [3.63, 3.8) is 0 Å². The predicted molar refractivity (Wildman–Crippen MR) is 67.1 cm³/mol. The molecule has 0 aliphatic carbocycles. The van der Waals surface area contributed by atoms with E-state index in [1.807, 2.05) is 49.9 Å². The Morgan fingerprint density at radius 1 is 1.35 bits per heavy atom. The van der Waals surface area contributed by atoms with E-state index in [9.17, 15) is 4.79 Å². The van der Waals surface area contributed by atoms with Crippen LogP contribution in [0.15, 0.2) is 24.3 Å². The molecule has 3 heteroatoms. The van der Waals surface area contributed by atoms with E-state index in [1.54, 1.807) is 0 Å². The minimum atomic E-state index is 0.108. The molecule has 0 radical (unpaired) electrons. The number of hydrogen-bond donors (Lipinski definition) is 0. The highest BCUT2D eigenvalue weighted by Gasteiger charge is 2.30. The molecule has 0 N–H and O–H groups in total. The zero-order chi connectivity index (χ0) is 12.4. The summed E-state index contributed by atoms with van der Waals surface area (Å²) in [7, 11) is 0. The average Bonchev–Trinajstić information content (AvgIpc) is 2.32. The Morgan fingerprint density at radius 3 is 2.76 bits per heavy atom. The number of nitrogens with zero attached hydrogens (tertiary/aromatic N) is 1. The minimum absolute atomic E-state index is 0.108. The average molecular weight is 233 g/mol. The molecular formula is C14H19NO2. The van der Waals surface area contributed by atoms with Crippen molar-refractivity contribution < 1.29 is 9.53 Å². The normalized spacial score (nSPS) is 24.8. The fourth-order valence-electron chi connectivity index (χ4n) is 2.19. The molecule has 1 aliphatic heterocycles. The molecule has 17 heavy (non-hydrogen) atoms. The van der Waals surface area contributed by atoms with Gasteiger partial charge in [0.2, 0.25) is 0 Å². The van der Waals surface area contributed by atoms with Gasteiger partial charge in [0.15, 0.2) is 0 Å². The van der Waals surface area contributed by atoms with Gasteiger partial charge in [-0.2, -0.15) is 0 Å². The summed E-state index contributed by atoms with van der Waals surface area (Å²) in [5.74, 6) is 0.116. The fraction of sp³-hybridized carbons (Fsp3) is 0.500. The zero-order valence-electron chi connectivity index (χ0n) is 10.6. The Bertz CT molecular complexity index is 416. The molecule has 0 bridgehead atoms. The van der Waals surface area contributed by atoms with Crippen LogP contribution in [-0.4, -0.2) is 36.1 Å². The first-order chi connectivity index (χ1) is 8.11. The molecule has 1 aromatic rings. The second kappa shape index (κ2) is 4.88. The SMILES string of the molecule is Cc1ccccc1C(=O)N1CCOC(C)C1C. The molecular weight excluding hydrogens is 214 g/mol. The molecule has 0 spiro atoms. The van der Waals surface area contributed by atoms with E-state index >= 15 is 0 Å². The van der Waals surface area contributed by atoms with E-state index in [-0.39, 0.29) is 18.1 Å². The quantitative estimate of drug-likeness (QED) is 0.744. The van der Waals surface area contributed by atoms with Crippen molar-refractivity contribution in [2.24, 2.45) is 0 Å². The van der Waals surface area contributed by atoms with E-state index < -0.39 is 0 Å². The third-order valence-electron chi connectivity index (χ3n) is 3.52. The number of benzene rings is 1. The maximum atomic E-state index is 12.4. The van der Waals surface area contributed by atoms with Crippen LogP contribution >= 0.6 is 0 Å². The number of carbonyl (C=O) groups excluding carboxylic acids is 1. The van der Waals surface area contributed by atoms with Crippen molar-refractivity contribution >= 4 is 5.91 Å². The highest BCUT2D eigenvalue weighted by molar-refractivity contribution is 5.95. The Balaban J connectivity index is 2.23. The van der Waals surface area contributed by atoms with Crippen LogP contribution in [0.2, 0.25) is 0 Å². The molecule has 2 atom stereocenters. The summed E-state index contributed by atoms with van der Waals surface area (Å²) in [6.07, 6.45) is 0.108. The van der Waals surface area contributed by atoms with Gasteiger partial charge in [0.25, 0.3) is 5.91 Å². The van der Waals surface area contributed by atoms with E-state index in [1.165, 1.54) is 0 Å². The Kier molecular flexibility index (Phi) is 3.48. The van der Waals surface area contributed by atoms with Crippen LogP contribution in [0.4, 0.5) is 0 Å². The lowest BCUT2D eigenvalue weighted by molar-refractivity contribution is -0.0440. The lowest BCUT2D eigenvalue weighted by Gasteiger charge is -2.38. The van der Waals surface area contributed by atoms with Gasteiger partial charge >= 0.3 is 0 Å². The van der Waals surface area contributed by atoms with Crippen LogP contribution in [0.1, 0.15) is 29.8 Å². The van der Waals surface area contributed by atoms with Crippen LogP contribution < -0.4 is 0 Å². The Hall–Kier alpha value is -1.35. The van der Waals surface area contributed by atoms with Gasteiger partial charge in [-0.1, -0.05) is 18.2 Å². The van der Waals surface area contributed by atoms with Crippen LogP contribution in [0, 0.1) is 6.92 Å². The van der Waals surface area contributed by atoms with Gasteiger partial charge in [-0.15, -0.1) is 0 Å². The number of morpholine rings is 1. The first-order valence-electron chi connectivity index (χ1n) is 6.09. The van der Waals surface area contributed by atoms with Crippen molar-refractivity contribution in [2.45, 2.75) is 32.9 Å². The highest BCUT2D eigenvalue weighted by atomic mass is 16.5. The minimum Gasteiger partial charge on any atom is -0.375 e. The Labute approximate surface area is 102 Å². The maximum absolute atomic E-state index is 12.4. The van der Waals surface area contributed by atoms with Crippen LogP contribution in [0.3, 0.4) is 0 Å². The number of carbonyl (C=O) groups is 1. The number of hydrogen-bond acceptors (Lipinski definition) is 2. The molecule has 92 valence electrons. The van der Waals surface area contributed by atoms with Gasteiger partial charge in [0.1, 0.15) is 0 Å². The van der Waals surface area contributed by atoms with Crippen molar-refractivity contribution in [2.75, 3.05) is 13.2 Å². The lowest BCUT2D eigenvalue weighted by atomic mass is 10.0. The smallest absolute Gasteiger partial charge is 0.254 e. The number of aryl methyl sites for hydroxylation is 1. The summed E-state index contributed by atoms with van der Waals surface area (Å²) < 4.78 is 5.54. The molecule has 0 saturated carbocycles. The molecule has 1 aromatic carbocycles. The standard InChI is InChI=1S/C14H19NO2/c1-10-6-4-5-7-13(10)14(16)15-8-9-17-12(3)11(15)2/h4-7,11-12H,8-9H2,1-3H3. The van der Waals surface area contributed by atoms with Crippen molar-refractivity contribution in [1.29, 1.82) is 0 Å². The first-order valence-corrected chi connectivity index (χ1v) is 6.09. The second-order valence-electron chi connectivity index (χ2n) is 4.63. The van der Waals surface area contributed by atoms with Crippen LogP contribution in [0.5, 0.6) is 0 Å². The van der Waals surface area contributed by atoms with Gasteiger partial charge in [-0.25, -0.2) is 0 Å². The van der Waals surface area contributed by atoms with Crippen molar-refractivity contribution in [3.05, 3.63) is 35.4 Å². The summed E-state index contributed by atoms with van der Waals surface area (Å²) >= 11 is 0. The van der Waals surface area contributed by atoms with Crippen LogP contribution in [-0.2, 0) is 4.74 Å². The zero-order valence-corrected chi connectivity index (χ0v) is 10.6. The van der Waals surface area contributed by atoms with Gasteiger partial charge < -0.3 is 9.64 Å². The number of amides is 1.